The predicted octanol–water partition coefficient (Wildman–Crippen LogP) is 23.0. The van der Waals surface area contributed by atoms with Crippen molar-refractivity contribution >= 4 is 17.9 Å². The third-order valence-corrected chi connectivity index (χ3v) is 15.4. The summed E-state index contributed by atoms with van der Waals surface area (Å²) >= 11 is 0. The molecule has 0 aliphatic heterocycles. The Morgan fingerprint density at radius 3 is 0.667 bits per heavy atom. The van der Waals surface area contributed by atoms with E-state index >= 15 is 0 Å². The molecule has 0 aromatic rings. The molecule has 0 fully saturated rings. The lowest BCUT2D eigenvalue weighted by molar-refractivity contribution is -0.167. The summed E-state index contributed by atoms with van der Waals surface area (Å²) in [4.78, 5) is 37.9. The molecule has 0 heterocycles. The van der Waals surface area contributed by atoms with Gasteiger partial charge in [-0.3, -0.25) is 14.4 Å². The molecule has 0 radical (unpaired) electrons. The van der Waals surface area contributed by atoms with Gasteiger partial charge in [0.25, 0.3) is 0 Å². The number of hydrogen-bond acceptors (Lipinski definition) is 6. The molecule has 75 heavy (non-hydrogen) atoms. The normalized spacial score (nSPS) is 12.1. The monoisotopic (exact) mass is 1050 g/mol. The van der Waals surface area contributed by atoms with Crippen molar-refractivity contribution in [2.75, 3.05) is 13.2 Å². The molecule has 1 atom stereocenters. The molecule has 1 unspecified atom stereocenters. The summed E-state index contributed by atoms with van der Waals surface area (Å²) in [7, 11) is 0. The molecule has 0 spiro atoms. The van der Waals surface area contributed by atoms with Crippen molar-refractivity contribution in [1.82, 2.24) is 0 Å². The minimum Gasteiger partial charge on any atom is -0.462 e. The van der Waals surface area contributed by atoms with Gasteiger partial charge in [0.2, 0.25) is 0 Å². The Bertz CT molecular complexity index is 1210. The fourth-order valence-electron chi connectivity index (χ4n) is 10.3. The third-order valence-electron chi connectivity index (χ3n) is 15.4. The molecular weight excluding hydrogens is 925 g/mol. The van der Waals surface area contributed by atoms with Gasteiger partial charge in [-0.15, -0.1) is 0 Å². The van der Waals surface area contributed by atoms with Crippen LogP contribution in [0.25, 0.3) is 0 Å². The number of rotatable bonds is 63. The van der Waals surface area contributed by atoms with Crippen molar-refractivity contribution in [2.24, 2.45) is 0 Å². The van der Waals surface area contributed by atoms with Gasteiger partial charge in [-0.25, -0.2) is 0 Å². The van der Waals surface area contributed by atoms with Crippen LogP contribution in [0.3, 0.4) is 0 Å². The summed E-state index contributed by atoms with van der Waals surface area (Å²) in [5.74, 6) is -0.860. The second kappa shape index (κ2) is 64.4. The maximum atomic E-state index is 12.8. The van der Waals surface area contributed by atoms with Gasteiger partial charge >= 0.3 is 17.9 Å². The summed E-state index contributed by atoms with van der Waals surface area (Å²) in [6.07, 6.45) is 78.3. The first-order chi connectivity index (χ1) is 37.0. The van der Waals surface area contributed by atoms with Crippen molar-refractivity contribution < 1.29 is 28.6 Å². The zero-order valence-corrected chi connectivity index (χ0v) is 50.8. The molecule has 0 N–H and O–H groups in total. The summed E-state index contributed by atoms with van der Waals surface area (Å²) < 4.78 is 16.8. The van der Waals surface area contributed by atoms with Crippen LogP contribution in [0.1, 0.15) is 380 Å². The first-order valence-corrected chi connectivity index (χ1v) is 33.8. The lowest BCUT2D eigenvalue weighted by atomic mass is 10.0. The Labute approximate surface area is 468 Å². The highest BCUT2D eigenvalue weighted by Gasteiger charge is 2.19. The standard InChI is InChI=1S/C69H130O6/c1-4-7-10-13-15-17-19-21-23-25-27-29-30-31-32-33-34-35-36-37-38-40-41-43-45-47-49-51-53-56-59-62-68(71)74-65-66(64-73-67(70)61-58-55-12-9-6-3)75-69(72)63-60-57-54-52-50-48-46-44-42-39-28-26-24-22-20-18-16-14-11-8-5-2/h25-28,66H,4-24,29-65H2,1-3H3/b27-25-,28-26-. The van der Waals surface area contributed by atoms with E-state index in [1.807, 2.05) is 0 Å². The van der Waals surface area contributed by atoms with Gasteiger partial charge in [-0.2, -0.15) is 0 Å². The highest BCUT2D eigenvalue weighted by atomic mass is 16.6. The molecule has 0 aliphatic carbocycles. The average Bonchev–Trinajstić information content (AvgIpc) is 3.41. The first kappa shape index (κ1) is 72.9. The topological polar surface area (TPSA) is 78.9 Å². The van der Waals surface area contributed by atoms with Gasteiger partial charge < -0.3 is 14.2 Å². The van der Waals surface area contributed by atoms with Crippen molar-refractivity contribution in [2.45, 2.75) is 386 Å². The third kappa shape index (κ3) is 62.6. The van der Waals surface area contributed by atoms with Crippen LogP contribution < -0.4 is 0 Å². The number of carbonyl (C=O) groups excluding carboxylic acids is 3. The maximum absolute atomic E-state index is 12.8. The second-order valence-corrected chi connectivity index (χ2v) is 23.1. The maximum Gasteiger partial charge on any atom is 0.306 e. The first-order valence-electron chi connectivity index (χ1n) is 33.8. The van der Waals surface area contributed by atoms with Crippen LogP contribution in [0.2, 0.25) is 0 Å². The largest absolute Gasteiger partial charge is 0.462 e. The van der Waals surface area contributed by atoms with E-state index in [0.29, 0.717) is 19.3 Å². The van der Waals surface area contributed by atoms with Gasteiger partial charge in [0.05, 0.1) is 0 Å². The molecule has 0 amide bonds. The fraction of sp³-hybridized carbons (Fsp3) is 0.899. The molecule has 0 rings (SSSR count). The molecule has 0 aliphatic rings. The van der Waals surface area contributed by atoms with E-state index in [4.69, 9.17) is 14.2 Å². The van der Waals surface area contributed by atoms with E-state index in [9.17, 15) is 14.4 Å². The van der Waals surface area contributed by atoms with E-state index in [1.54, 1.807) is 0 Å². The minimum atomic E-state index is -0.766. The fourth-order valence-corrected chi connectivity index (χ4v) is 10.3. The summed E-state index contributed by atoms with van der Waals surface area (Å²) in [6.45, 7) is 6.62. The van der Waals surface area contributed by atoms with Crippen molar-refractivity contribution in [3.05, 3.63) is 24.3 Å². The van der Waals surface area contributed by atoms with Crippen LogP contribution in [0.4, 0.5) is 0 Å². The lowest BCUT2D eigenvalue weighted by Gasteiger charge is -2.18. The molecule has 0 aromatic heterocycles. The van der Waals surface area contributed by atoms with Crippen molar-refractivity contribution in [3.8, 4) is 0 Å². The minimum absolute atomic E-state index is 0.0675. The summed E-state index contributed by atoms with van der Waals surface area (Å²) in [6, 6.07) is 0. The number of allylic oxidation sites excluding steroid dienone is 4. The summed E-state index contributed by atoms with van der Waals surface area (Å²) in [5, 5.41) is 0. The van der Waals surface area contributed by atoms with Crippen LogP contribution in [0, 0.1) is 0 Å². The molecule has 0 saturated carbocycles. The van der Waals surface area contributed by atoms with E-state index in [1.165, 1.54) is 276 Å². The van der Waals surface area contributed by atoms with Crippen molar-refractivity contribution in [1.29, 1.82) is 0 Å². The Kier molecular flexibility index (Phi) is 62.6. The summed E-state index contributed by atoms with van der Waals surface area (Å²) in [5.41, 5.74) is 0. The van der Waals surface area contributed by atoms with Gasteiger partial charge in [0, 0.05) is 19.3 Å². The van der Waals surface area contributed by atoms with E-state index in [-0.39, 0.29) is 31.1 Å². The Balaban J connectivity index is 3.92. The molecule has 0 aromatic carbocycles. The SMILES string of the molecule is CCCCCCCCCC/C=C\CCCCCCCCCCCCCCCCCCCCCC(=O)OCC(COC(=O)CCCCCCC)OC(=O)CCCCCCCCCCC/C=C\CCCCCCCCCC. The second-order valence-electron chi connectivity index (χ2n) is 23.1. The van der Waals surface area contributed by atoms with E-state index in [2.05, 4.69) is 45.1 Å². The molecule has 442 valence electrons. The highest BCUT2D eigenvalue weighted by molar-refractivity contribution is 5.71. The van der Waals surface area contributed by atoms with Crippen LogP contribution in [-0.2, 0) is 28.6 Å². The number of ether oxygens (including phenoxy) is 3. The number of unbranched alkanes of at least 4 members (excludes halogenated alkanes) is 48. The zero-order valence-electron chi connectivity index (χ0n) is 50.8. The van der Waals surface area contributed by atoms with Gasteiger partial charge in [0.1, 0.15) is 13.2 Å². The Morgan fingerprint density at radius 2 is 0.440 bits per heavy atom. The Morgan fingerprint density at radius 1 is 0.253 bits per heavy atom. The molecular formula is C69H130O6. The van der Waals surface area contributed by atoms with E-state index < -0.39 is 6.10 Å². The molecule has 0 bridgehead atoms. The van der Waals surface area contributed by atoms with Crippen LogP contribution in [-0.4, -0.2) is 37.2 Å². The zero-order chi connectivity index (χ0) is 54.3. The quantitative estimate of drug-likeness (QED) is 0.0261. The number of hydrogen-bond donors (Lipinski definition) is 0. The lowest BCUT2D eigenvalue weighted by Crippen LogP contribution is -2.30. The average molecular weight is 1060 g/mol. The van der Waals surface area contributed by atoms with Crippen LogP contribution >= 0.6 is 0 Å². The van der Waals surface area contributed by atoms with Gasteiger partial charge in [-0.1, -0.05) is 315 Å². The van der Waals surface area contributed by atoms with Crippen LogP contribution in [0.15, 0.2) is 24.3 Å². The molecule has 0 saturated heterocycles. The van der Waals surface area contributed by atoms with Gasteiger partial charge in [-0.05, 0) is 70.6 Å². The molecule has 6 nitrogen and oxygen atoms in total. The number of esters is 3. The highest BCUT2D eigenvalue weighted by Crippen LogP contribution is 2.18. The van der Waals surface area contributed by atoms with Crippen molar-refractivity contribution in [3.63, 3.8) is 0 Å². The van der Waals surface area contributed by atoms with Crippen LogP contribution in [0.5, 0.6) is 0 Å². The smallest absolute Gasteiger partial charge is 0.306 e. The van der Waals surface area contributed by atoms with Gasteiger partial charge in [0.15, 0.2) is 6.10 Å². The Hall–Kier alpha value is -2.11. The number of carbonyl (C=O) groups is 3. The molecule has 6 heteroatoms. The van der Waals surface area contributed by atoms with E-state index in [0.717, 1.165) is 64.2 Å². The predicted molar refractivity (Wildman–Crippen MR) is 326 cm³/mol.